The van der Waals surface area contributed by atoms with Crippen LogP contribution in [0.4, 0.5) is 0 Å². The molecule has 1 aromatic carbocycles. The highest BCUT2D eigenvalue weighted by molar-refractivity contribution is 5.61. The van der Waals surface area contributed by atoms with Gasteiger partial charge in [0.25, 0.3) is 5.56 Å². The molecular weight excluding hydrogens is 284 g/mol. The Kier molecular flexibility index (Phi) is 4.97. The minimum Gasteiger partial charge on any atom is -0.322 e. The summed E-state index contributed by atoms with van der Waals surface area (Å²) >= 11 is 0. The van der Waals surface area contributed by atoms with Crippen molar-refractivity contribution in [2.24, 2.45) is 0 Å². The summed E-state index contributed by atoms with van der Waals surface area (Å²) in [6.07, 6.45) is 5.97. The third-order valence-electron chi connectivity index (χ3n) is 4.90. The largest absolute Gasteiger partial charge is 0.322 e. The Bertz CT molecular complexity index is 733. The average molecular weight is 310 g/mol. The standard InChI is InChI=1S/C20H26N2O/c1-3-14(2)21-13-18-10-11-19(22-20(18)23)17-9-8-15-6-4-5-7-16(15)12-17/h8-12,14,21H,3-7,13H2,1-2H3,(H,22,23). The number of benzene rings is 1. The van der Waals surface area contributed by atoms with E-state index in [-0.39, 0.29) is 5.56 Å². The monoisotopic (exact) mass is 310 g/mol. The molecule has 0 radical (unpaired) electrons. The van der Waals surface area contributed by atoms with Crippen LogP contribution < -0.4 is 10.9 Å². The van der Waals surface area contributed by atoms with Gasteiger partial charge >= 0.3 is 0 Å². The number of pyridine rings is 1. The molecule has 23 heavy (non-hydrogen) atoms. The van der Waals surface area contributed by atoms with Crippen molar-refractivity contribution in [3.63, 3.8) is 0 Å². The van der Waals surface area contributed by atoms with Crippen LogP contribution in [0.1, 0.15) is 49.8 Å². The van der Waals surface area contributed by atoms with Gasteiger partial charge in [-0.3, -0.25) is 4.79 Å². The van der Waals surface area contributed by atoms with Gasteiger partial charge in [-0.25, -0.2) is 0 Å². The van der Waals surface area contributed by atoms with E-state index in [1.807, 2.05) is 12.1 Å². The van der Waals surface area contributed by atoms with Crippen LogP contribution >= 0.6 is 0 Å². The van der Waals surface area contributed by atoms with Gasteiger partial charge in [-0.15, -0.1) is 0 Å². The predicted molar refractivity (Wildman–Crippen MR) is 95.7 cm³/mol. The molecule has 3 nitrogen and oxygen atoms in total. The number of nitrogens with one attached hydrogen (secondary N) is 2. The number of aromatic nitrogens is 1. The summed E-state index contributed by atoms with van der Waals surface area (Å²) in [4.78, 5) is 15.4. The second kappa shape index (κ2) is 7.14. The van der Waals surface area contributed by atoms with Crippen LogP contribution in [0.15, 0.2) is 35.1 Å². The molecule has 1 aliphatic carbocycles. The summed E-state index contributed by atoms with van der Waals surface area (Å²) < 4.78 is 0. The van der Waals surface area contributed by atoms with E-state index in [9.17, 15) is 4.79 Å². The normalized spacial score (nSPS) is 15.2. The van der Waals surface area contributed by atoms with Gasteiger partial charge in [-0.1, -0.05) is 25.1 Å². The van der Waals surface area contributed by atoms with Crippen molar-refractivity contribution in [2.75, 3.05) is 0 Å². The van der Waals surface area contributed by atoms with Crippen molar-refractivity contribution in [3.05, 3.63) is 57.4 Å². The smallest absolute Gasteiger partial charge is 0.252 e. The summed E-state index contributed by atoms with van der Waals surface area (Å²) in [5.41, 5.74) is 5.75. The lowest BCUT2D eigenvalue weighted by Crippen LogP contribution is -2.28. The zero-order chi connectivity index (χ0) is 16.2. The molecule has 1 atom stereocenters. The Labute approximate surface area is 138 Å². The number of fused-ring (bicyclic) bond motifs is 1. The Morgan fingerprint density at radius 2 is 1.91 bits per heavy atom. The van der Waals surface area contributed by atoms with E-state index in [1.54, 1.807) is 0 Å². The third kappa shape index (κ3) is 3.73. The minimum absolute atomic E-state index is 0.0102. The van der Waals surface area contributed by atoms with E-state index in [2.05, 4.69) is 42.3 Å². The lowest BCUT2D eigenvalue weighted by molar-refractivity contribution is 0.532. The molecule has 2 N–H and O–H groups in total. The highest BCUT2D eigenvalue weighted by Gasteiger charge is 2.11. The van der Waals surface area contributed by atoms with Gasteiger partial charge in [0.1, 0.15) is 0 Å². The molecule has 122 valence electrons. The molecule has 1 heterocycles. The highest BCUT2D eigenvalue weighted by atomic mass is 16.1. The second-order valence-electron chi connectivity index (χ2n) is 6.61. The summed E-state index contributed by atoms with van der Waals surface area (Å²) in [6, 6.07) is 11.0. The molecule has 3 rings (SSSR count). The topological polar surface area (TPSA) is 44.9 Å². The van der Waals surface area contributed by atoms with Crippen molar-refractivity contribution in [2.45, 2.75) is 58.5 Å². The molecule has 1 unspecified atom stereocenters. The third-order valence-corrected chi connectivity index (χ3v) is 4.90. The Morgan fingerprint density at radius 3 is 2.65 bits per heavy atom. The molecule has 0 spiro atoms. The number of hydrogen-bond acceptors (Lipinski definition) is 2. The molecule has 0 aliphatic heterocycles. The average Bonchev–Trinajstić information content (AvgIpc) is 2.59. The van der Waals surface area contributed by atoms with Crippen molar-refractivity contribution in [1.82, 2.24) is 10.3 Å². The zero-order valence-electron chi connectivity index (χ0n) is 14.1. The van der Waals surface area contributed by atoms with Crippen LogP contribution in [0.5, 0.6) is 0 Å². The molecule has 1 aromatic heterocycles. The number of aromatic amines is 1. The van der Waals surface area contributed by atoms with Crippen molar-refractivity contribution in [3.8, 4) is 11.3 Å². The van der Waals surface area contributed by atoms with Gasteiger partial charge < -0.3 is 10.3 Å². The van der Waals surface area contributed by atoms with E-state index in [0.29, 0.717) is 12.6 Å². The Hall–Kier alpha value is -1.87. The molecule has 0 saturated carbocycles. The van der Waals surface area contributed by atoms with Gasteiger partial charge in [-0.05, 0) is 67.9 Å². The molecule has 0 fully saturated rings. The number of rotatable bonds is 5. The van der Waals surface area contributed by atoms with Crippen LogP contribution in [0.3, 0.4) is 0 Å². The molecule has 0 saturated heterocycles. The number of H-pyrrole nitrogens is 1. The van der Waals surface area contributed by atoms with Gasteiger partial charge in [0, 0.05) is 23.8 Å². The number of aryl methyl sites for hydroxylation is 2. The maximum atomic E-state index is 12.3. The van der Waals surface area contributed by atoms with Crippen LogP contribution in [0.2, 0.25) is 0 Å². The summed E-state index contributed by atoms with van der Waals surface area (Å²) in [5, 5.41) is 3.37. The molecule has 0 amide bonds. The first-order chi connectivity index (χ1) is 11.2. The maximum absolute atomic E-state index is 12.3. The fourth-order valence-corrected chi connectivity index (χ4v) is 3.14. The van der Waals surface area contributed by atoms with Gasteiger partial charge in [0.15, 0.2) is 0 Å². The fraction of sp³-hybridized carbons (Fsp3) is 0.450. The quantitative estimate of drug-likeness (QED) is 0.882. The van der Waals surface area contributed by atoms with Gasteiger partial charge in [0.2, 0.25) is 0 Å². The van der Waals surface area contributed by atoms with Crippen LogP contribution in [-0.2, 0) is 19.4 Å². The molecule has 1 aliphatic rings. The van der Waals surface area contributed by atoms with E-state index >= 15 is 0 Å². The van der Waals surface area contributed by atoms with Crippen LogP contribution in [0, 0.1) is 0 Å². The lowest BCUT2D eigenvalue weighted by atomic mass is 9.90. The van der Waals surface area contributed by atoms with E-state index in [1.165, 1.54) is 30.4 Å². The summed E-state index contributed by atoms with van der Waals surface area (Å²) in [7, 11) is 0. The summed E-state index contributed by atoms with van der Waals surface area (Å²) in [6.45, 7) is 4.89. The molecule has 2 aromatic rings. The van der Waals surface area contributed by atoms with Gasteiger partial charge in [-0.2, -0.15) is 0 Å². The molecular formula is C20H26N2O. The summed E-state index contributed by atoms with van der Waals surface area (Å²) in [5.74, 6) is 0. The van der Waals surface area contributed by atoms with Crippen molar-refractivity contribution in [1.29, 1.82) is 0 Å². The first-order valence-electron chi connectivity index (χ1n) is 8.75. The van der Waals surface area contributed by atoms with Crippen molar-refractivity contribution >= 4 is 0 Å². The van der Waals surface area contributed by atoms with E-state index < -0.39 is 0 Å². The zero-order valence-corrected chi connectivity index (χ0v) is 14.1. The first kappa shape index (κ1) is 16.0. The lowest BCUT2D eigenvalue weighted by Gasteiger charge is -2.16. The maximum Gasteiger partial charge on any atom is 0.252 e. The van der Waals surface area contributed by atoms with E-state index in [4.69, 9.17) is 0 Å². The van der Waals surface area contributed by atoms with Gasteiger partial charge in [0.05, 0.1) is 0 Å². The second-order valence-corrected chi connectivity index (χ2v) is 6.61. The number of hydrogen-bond donors (Lipinski definition) is 2. The van der Waals surface area contributed by atoms with Crippen molar-refractivity contribution < 1.29 is 0 Å². The fourth-order valence-electron chi connectivity index (χ4n) is 3.14. The van der Waals surface area contributed by atoms with Crippen LogP contribution in [0.25, 0.3) is 11.3 Å². The predicted octanol–water partition coefficient (Wildman–Crippen LogP) is 3.81. The minimum atomic E-state index is 0.0102. The first-order valence-corrected chi connectivity index (χ1v) is 8.75. The molecule has 0 bridgehead atoms. The highest BCUT2D eigenvalue weighted by Crippen LogP contribution is 2.26. The van der Waals surface area contributed by atoms with Crippen LogP contribution in [-0.4, -0.2) is 11.0 Å². The Balaban J connectivity index is 1.81. The Morgan fingerprint density at radius 1 is 1.13 bits per heavy atom. The SMILES string of the molecule is CCC(C)NCc1ccc(-c2ccc3c(c2)CCCC3)[nH]c1=O. The van der Waals surface area contributed by atoms with E-state index in [0.717, 1.165) is 29.7 Å². The molecule has 3 heteroatoms.